The molecule has 0 aliphatic heterocycles. The summed E-state index contributed by atoms with van der Waals surface area (Å²) in [4.78, 5) is 13.7. The van der Waals surface area contributed by atoms with Gasteiger partial charge in [-0.3, -0.25) is 4.79 Å². The molecule has 1 aromatic heterocycles. The van der Waals surface area contributed by atoms with Gasteiger partial charge in [-0.1, -0.05) is 60.7 Å². The number of hydrogen-bond acceptors (Lipinski definition) is 3. The van der Waals surface area contributed by atoms with Crippen LogP contribution >= 0.6 is 0 Å². The van der Waals surface area contributed by atoms with Crippen LogP contribution in [-0.4, -0.2) is 27.7 Å². The molecule has 6 rings (SSSR count). The summed E-state index contributed by atoms with van der Waals surface area (Å²) in [5.41, 5.74) is 9.56. The van der Waals surface area contributed by atoms with Crippen molar-refractivity contribution < 1.29 is 9.90 Å². The lowest BCUT2D eigenvalue weighted by molar-refractivity contribution is -0.106. The molecule has 0 saturated heterocycles. The molecule has 0 bridgehead atoms. The molecule has 1 amide bonds. The average Bonchev–Trinajstić information content (AvgIpc) is 3.85. The van der Waals surface area contributed by atoms with Crippen LogP contribution in [0.3, 0.4) is 0 Å². The van der Waals surface area contributed by atoms with Gasteiger partial charge in [-0.15, -0.1) is 0 Å². The summed E-state index contributed by atoms with van der Waals surface area (Å²) in [6.07, 6.45) is 10.6. The minimum Gasteiger partial charge on any atom is -0.396 e. The van der Waals surface area contributed by atoms with Crippen LogP contribution in [0.5, 0.6) is 0 Å². The lowest BCUT2D eigenvalue weighted by Crippen LogP contribution is -2.17. The number of carbonyl (C=O) groups excluding carboxylic acids is 1. The highest BCUT2D eigenvalue weighted by Crippen LogP contribution is 2.43. The third-order valence-electron chi connectivity index (χ3n) is 7.67. The van der Waals surface area contributed by atoms with Gasteiger partial charge in [0.2, 0.25) is 6.41 Å². The molecular formula is C31H41N3O2. The molecule has 0 atom stereocenters. The number of nitrogens with two attached hydrogens (primary N) is 1. The molecule has 3 saturated carbocycles. The molecule has 0 radical (unpaired) electrons. The molecule has 3 aliphatic rings. The van der Waals surface area contributed by atoms with Crippen LogP contribution in [0.15, 0.2) is 60.7 Å². The predicted molar refractivity (Wildman–Crippen MR) is 146 cm³/mol. The summed E-state index contributed by atoms with van der Waals surface area (Å²) in [7, 11) is 0. The maximum Gasteiger partial charge on any atom is 0.204 e. The van der Waals surface area contributed by atoms with E-state index in [-0.39, 0.29) is 6.41 Å². The maximum atomic E-state index is 8.58. The molecule has 3 fully saturated rings. The summed E-state index contributed by atoms with van der Waals surface area (Å²) < 4.78 is 2.59. The largest absolute Gasteiger partial charge is 0.396 e. The monoisotopic (exact) mass is 487 g/mol. The number of benzene rings is 2. The molecule has 1 heterocycles. The smallest absolute Gasteiger partial charge is 0.204 e. The van der Waals surface area contributed by atoms with Gasteiger partial charge in [-0.2, -0.15) is 0 Å². The van der Waals surface area contributed by atoms with Crippen LogP contribution in [0, 0.1) is 18.8 Å². The number of aliphatic hydroxyl groups excluding tert-OH is 1. The van der Waals surface area contributed by atoms with Crippen molar-refractivity contribution >= 4 is 6.41 Å². The van der Waals surface area contributed by atoms with Gasteiger partial charge >= 0.3 is 0 Å². The van der Waals surface area contributed by atoms with E-state index in [4.69, 9.17) is 14.9 Å². The fourth-order valence-electron chi connectivity index (χ4n) is 5.32. The standard InChI is InChI=1S/C26H30N2.C4H8O.CH3NO/c1-19-25(23-10-6-3-7-11-23)28(18-20-12-13-20)26(27-19)24-16-14-22(15-17-24)21-8-4-2-5-9-21;5-3-4-1-2-4;2-1-3/h2-11,20,22,24H,12-18H2,1H3;4-5H,1-3H2;1H,(H2,2,3). The highest BCUT2D eigenvalue weighted by Gasteiger charge is 2.31. The van der Waals surface area contributed by atoms with E-state index in [1.54, 1.807) is 0 Å². The van der Waals surface area contributed by atoms with E-state index in [1.807, 2.05) is 0 Å². The number of hydrogen-bond donors (Lipinski definition) is 2. The Bertz CT molecular complexity index is 1060. The quantitative estimate of drug-likeness (QED) is 0.406. The Hall–Kier alpha value is -2.92. The number of amides is 1. The van der Waals surface area contributed by atoms with Crippen molar-refractivity contribution in [2.24, 2.45) is 17.6 Å². The normalized spacial score (nSPS) is 20.9. The third-order valence-corrected chi connectivity index (χ3v) is 7.67. The Morgan fingerprint density at radius 2 is 1.39 bits per heavy atom. The first-order chi connectivity index (χ1) is 17.6. The number of imidazole rings is 1. The second-order valence-electron chi connectivity index (χ2n) is 10.5. The zero-order chi connectivity index (χ0) is 25.3. The van der Waals surface area contributed by atoms with E-state index in [0.717, 1.165) is 18.4 Å². The van der Waals surface area contributed by atoms with Gasteiger partial charge in [0.1, 0.15) is 5.82 Å². The maximum absolute atomic E-state index is 8.58. The Morgan fingerprint density at radius 3 is 1.89 bits per heavy atom. The van der Waals surface area contributed by atoms with Crippen LogP contribution in [0.4, 0.5) is 0 Å². The number of rotatable bonds is 6. The van der Waals surface area contributed by atoms with Crippen molar-refractivity contribution in [3.63, 3.8) is 0 Å². The molecule has 36 heavy (non-hydrogen) atoms. The second-order valence-corrected chi connectivity index (χ2v) is 10.5. The fraction of sp³-hybridized carbons (Fsp3) is 0.484. The van der Waals surface area contributed by atoms with Crippen LogP contribution in [0.25, 0.3) is 11.3 Å². The van der Waals surface area contributed by atoms with Gasteiger partial charge in [0, 0.05) is 24.6 Å². The lowest BCUT2D eigenvalue weighted by atomic mass is 9.78. The number of aliphatic hydroxyl groups is 1. The first-order valence-electron chi connectivity index (χ1n) is 13.6. The Morgan fingerprint density at radius 1 is 0.861 bits per heavy atom. The van der Waals surface area contributed by atoms with Gasteiger partial charge in [0.05, 0.1) is 11.4 Å². The molecule has 5 heteroatoms. The van der Waals surface area contributed by atoms with Crippen LogP contribution in [0.2, 0.25) is 0 Å². The highest BCUT2D eigenvalue weighted by atomic mass is 16.3. The number of carbonyl (C=O) groups is 1. The molecular weight excluding hydrogens is 446 g/mol. The SMILES string of the molecule is Cc1nc(C2CCC(c3ccccc3)CC2)n(CC2CC2)c1-c1ccccc1.NC=O.OCC1CC1. The molecule has 192 valence electrons. The Balaban J connectivity index is 0.000000329. The van der Waals surface area contributed by atoms with Crippen molar-refractivity contribution in [3.8, 4) is 11.3 Å². The molecule has 3 N–H and O–H groups in total. The van der Waals surface area contributed by atoms with E-state index < -0.39 is 0 Å². The van der Waals surface area contributed by atoms with Crippen LogP contribution < -0.4 is 5.73 Å². The van der Waals surface area contributed by atoms with E-state index in [0.29, 0.717) is 18.4 Å². The predicted octanol–water partition coefficient (Wildman–Crippen LogP) is 6.20. The van der Waals surface area contributed by atoms with Crippen molar-refractivity contribution in [1.82, 2.24) is 9.55 Å². The van der Waals surface area contributed by atoms with Gasteiger partial charge in [-0.05, 0) is 81.6 Å². The van der Waals surface area contributed by atoms with Gasteiger partial charge in [-0.25, -0.2) is 4.98 Å². The van der Waals surface area contributed by atoms with Gasteiger partial charge in [0.15, 0.2) is 0 Å². The van der Waals surface area contributed by atoms with Crippen molar-refractivity contribution in [3.05, 3.63) is 77.7 Å². The summed E-state index contributed by atoms with van der Waals surface area (Å²) >= 11 is 0. The topological polar surface area (TPSA) is 81.1 Å². The lowest BCUT2D eigenvalue weighted by Gasteiger charge is -2.29. The van der Waals surface area contributed by atoms with E-state index in [9.17, 15) is 0 Å². The fourth-order valence-corrected chi connectivity index (χ4v) is 5.32. The Labute approximate surface area is 215 Å². The summed E-state index contributed by atoms with van der Waals surface area (Å²) in [5, 5.41) is 8.21. The minimum absolute atomic E-state index is 0.250. The number of aryl methyl sites for hydroxylation is 1. The summed E-state index contributed by atoms with van der Waals surface area (Å²) in [6, 6.07) is 22.0. The number of primary amides is 1. The van der Waals surface area contributed by atoms with E-state index in [2.05, 4.69) is 77.9 Å². The van der Waals surface area contributed by atoms with Crippen molar-refractivity contribution in [2.75, 3.05) is 6.61 Å². The summed E-state index contributed by atoms with van der Waals surface area (Å²) in [5.74, 6) is 4.23. The zero-order valence-electron chi connectivity index (χ0n) is 21.6. The molecule has 0 spiro atoms. The number of aromatic nitrogens is 2. The second kappa shape index (κ2) is 12.9. The molecule has 5 nitrogen and oxygen atoms in total. The van der Waals surface area contributed by atoms with Gasteiger partial charge in [0.25, 0.3) is 0 Å². The zero-order valence-corrected chi connectivity index (χ0v) is 21.6. The minimum atomic E-state index is 0.250. The average molecular weight is 488 g/mol. The highest BCUT2D eigenvalue weighted by molar-refractivity contribution is 5.63. The van der Waals surface area contributed by atoms with Crippen molar-refractivity contribution in [1.29, 1.82) is 0 Å². The molecule has 3 aromatic rings. The van der Waals surface area contributed by atoms with Gasteiger partial charge < -0.3 is 15.4 Å². The molecule has 0 unspecified atom stereocenters. The van der Waals surface area contributed by atoms with Crippen LogP contribution in [0.1, 0.15) is 80.3 Å². The summed E-state index contributed by atoms with van der Waals surface area (Å²) in [6.45, 7) is 3.77. The van der Waals surface area contributed by atoms with E-state index in [1.165, 1.54) is 79.7 Å². The molecule has 3 aliphatic carbocycles. The number of nitrogens with zero attached hydrogens (tertiary/aromatic N) is 2. The van der Waals surface area contributed by atoms with Crippen molar-refractivity contribution in [2.45, 2.75) is 76.7 Å². The van der Waals surface area contributed by atoms with Crippen LogP contribution in [-0.2, 0) is 11.3 Å². The first-order valence-corrected chi connectivity index (χ1v) is 13.6. The Kier molecular flexibility index (Phi) is 9.35. The first kappa shape index (κ1) is 26.2. The molecule has 2 aromatic carbocycles. The van der Waals surface area contributed by atoms with E-state index >= 15 is 0 Å². The third kappa shape index (κ3) is 7.07.